The molecule has 0 saturated carbocycles. The Bertz CT molecular complexity index is 590. The molecule has 0 aliphatic carbocycles. The van der Waals surface area contributed by atoms with Crippen molar-refractivity contribution in [1.29, 1.82) is 5.26 Å². The summed E-state index contributed by atoms with van der Waals surface area (Å²) < 4.78 is 26.1. The van der Waals surface area contributed by atoms with Crippen molar-refractivity contribution >= 4 is 11.8 Å². The van der Waals surface area contributed by atoms with Gasteiger partial charge in [0, 0.05) is 15.9 Å². The van der Waals surface area contributed by atoms with Gasteiger partial charge < -0.3 is 0 Å². The van der Waals surface area contributed by atoms with Gasteiger partial charge in [0.25, 0.3) is 0 Å². The summed E-state index contributed by atoms with van der Waals surface area (Å²) in [6.45, 7) is 0. The summed E-state index contributed by atoms with van der Waals surface area (Å²) in [5.41, 5.74) is 0.512. The number of rotatable bonds is 2. The third kappa shape index (κ3) is 2.83. The van der Waals surface area contributed by atoms with Crippen LogP contribution in [-0.2, 0) is 0 Å². The minimum atomic E-state index is -0.600. The second-order valence-electron chi connectivity index (χ2n) is 3.32. The molecule has 0 radical (unpaired) electrons. The monoisotopic (exact) mass is 247 g/mol. The standard InChI is InChI=1S/C13H7F2NS/c14-10-4-5-13(12(15)7-10)17-11-3-1-2-9(6-11)8-16/h1-7H. The Kier molecular flexibility index (Phi) is 3.40. The lowest BCUT2D eigenvalue weighted by Crippen LogP contribution is -1.84. The zero-order valence-electron chi connectivity index (χ0n) is 8.65. The van der Waals surface area contributed by atoms with Gasteiger partial charge in [0.05, 0.1) is 11.6 Å². The van der Waals surface area contributed by atoms with Crippen LogP contribution < -0.4 is 0 Å². The fourth-order valence-corrected chi connectivity index (χ4v) is 2.19. The van der Waals surface area contributed by atoms with E-state index in [1.54, 1.807) is 24.3 Å². The van der Waals surface area contributed by atoms with Gasteiger partial charge in [-0.1, -0.05) is 17.8 Å². The first-order chi connectivity index (χ1) is 8.19. The minimum absolute atomic E-state index is 0.335. The van der Waals surface area contributed by atoms with Crippen molar-refractivity contribution in [1.82, 2.24) is 0 Å². The molecule has 0 fully saturated rings. The van der Waals surface area contributed by atoms with Crippen molar-refractivity contribution in [3.05, 3.63) is 59.7 Å². The average Bonchev–Trinajstić information content (AvgIpc) is 2.33. The van der Waals surface area contributed by atoms with Gasteiger partial charge in [-0.25, -0.2) is 8.78 Å². The first-order valence-electron chi connectivity index (χ1n) is 4.82. The molecule has 0 aliphatic rings. The number of nitrogens with zero attached hydrogens (tertiary/aromatic N) is 1. The van der Waals surface area contributed by atoms with Crippen LogP contribution in [0.15, 0.2) is 52.3 Å². The third-order valence-electron chi connectivity index (χ3n) is 2.08. The van der Waals surface area contributed by atoms with E-state index in [2.05, 4.69) is 0 Å². The Hall–Kier alpha value is -1.86. The summed E-state index contributed by atoms with van der Waals surface area (Å²) in [6, 6.07) is 12.3. The van der Waals surface area contributed by atoms with E-state index in [-0.39, 0.29) is 0 Å². The molecule has 84 valence electrons. The molecule has 17 heavy (non-hydrogen) atoms. The molecular weight excluding hydrogens is 240 g/mol. The van der Waals surface area contributed by atoms with Crippen molar-refractivity contribution in [2.75, 3.05) is 0 Å². The number of hydrogen-bond acceptors (Lipinski definition) is 2. The summed E-state index contributed by atoms with van der Waals surface area (Å²) in [5.74, 6) is -1.20. The van der Waals surface area contributed by atoms with E-state index in [1.807, 2.05) is 6.07 Å². The van der Waals surface area contributed by atoms with Crippen LogP contribution in [0.4, 0.5) is 8.78 Å². The summed E-state index contributed by atoms with van der Waals surface area (Å²) >= 11 is 1.16. The number of nitriles is 1. The maximum Gasteiger partial charge on any atom is 0.140 e. The van der Waals surface area contributed by atoms with Crippen LogP contribution in [0.2, 0.25) is 0 Å². The van der Waals surface area contributed by atoms with Crippen molar-refractivity contribution < 1.29 is 8.78 Å². The summed E-state index contributed by atoms with van der Waals surface area (Å²) in [7, 11) is 0. The van der Waals surface area contributed by atoms with Gasteiger partial charge in [-0.15, -0.1) is 0 Å². The van der Waals surface area contributed by atoms with Gasteiger partial charge in [0.2, 0.25) is 0 Å². The molecule has 0 atom stereocenters. The molecule has 0 N–H and O–H groups in total. The Labute approximate surface area is 102 Å². The minimum Gasteiger partial charge on any atom is -0.207 e. The topological polar surface area (TPSA) is 23.8 Å². The first-order valence-corrected chi connectivity index (χ1v) is 5.64. The van der Waals surface area contributed by atoms with E-state index in [0.29, 0.717) is 10.5 Å². The third-order valence-corrected chi connectivity index (χ3v) is 3.13. The molecule has 0 aliphatic heterocycles. The van der Waals surface area contributed by atoms with Gasteiger partial charge in [-0.05, 0) is 30.3 Å². The highest BCUT2D eigenvalue weighted by atomic mass is 32.2. The molecule has 4 heteroatoms. The van der Waals surface area contributed by atoms with Crippen LogP contribution >= 0.6 is 11.8 Å². The fraction of sp³-hybridized carbons (Fsp3) is 0. The van der Waals surface area contributed by atoms with Gasteiger partial charge >= 0.3 is 0 Å². The van der Waals surface area contributed by atoms with Gasteiger partial charge in [0.15, 0.2) is 0 Å². The molecule has 0 unspecified atom stereocenters. The van der Waals surface area contributed by atoms with Gasteiger partial charge in [-0.2, -0.15) is 5.26 Å². The lowest BCUT2D eigenvalue weighted by molar-refractivity contribution is 0.565. The van der Waals surface area contributed by atoms with Crippen LogP contribution in [-0.4, -0.2) is 0 Å². The summed E-state index contributed by atoms with van der Waals surface area (Å²) in [6.07, 6.45) is 0. The van der Waals surface area contributed by atoms with Crippen molar-refractivity contribution in [2.24, 2.45) is 0 Å². The molecule has 0 spiro atoms. The van der Waals surface area contributed by atoms with Crippen LogP contribution in [0.1, 0.15) is 5.56 Å². The van der Waals surface area contributed by atoms with Crippen LogP contribution in [0.5, 0.6) is 0 Å². The van der Waals surface area contributed by atoms with E-state index >= 15 is 0 Å². The molecule has 0 bridgehead atoms. The van der Waals surface area contributed by atoms with Crippen LogP contribution in [0, 0.1) is 23.0 Å². The second-order valence-corrected chi connectivity index (χ2v) is 4.43. The van der Waals surface area contributed by atoms with E-state index in [0.717, 1.165) is 22.7 Å². The quantitative estimate of drug-likeness (QED) is 0.801. The lowest BCUT2D eigenvalue weighted by Gasteiger charge is -2.03. The van der Waals surface area contributed by atoms with Crippen molar-refractivity contribution in [2.45, 2.75) is 9.79 Å². The number of halogens is 2. The predicted molar refractivity (Wildman–Crippen MR) is 61.6 cm³/mol. The molecule has 2 aromatic carbocycles. The van der Waals surface area contributed by atoms with E-state index in [4.69, 9.17) is 5.26 Å². The zero-order valence-corrected chi connectivity index (χ0v) is 9.47. The second kappa shape index (κ2) is 4.98. The molecular formula is C13H7F2NS. The van der Waals surface area contributed by atoms with Crippen LogP contribution in [0.25, 0.3) is 0 Å². The molecule has 2 aromatic rings. The smallest absolute Gasteiger partial charge is 0.140 e. The highest BCUT2D eigenvalue weighted by Gasteiger charge is 2.06. The molecule has 0 amide bonds. The van der Waals surface area contributed by atoms with E-state index in [9.17, 15) is 8.78 Å². The maximum absolute atomic E-state index is 13.4. The first kappa shape index (κ1) is 11.6. The number of benzene rings is 2. The Balaban J connectivity index is 2.28. The lowest BCUT2D eigenvalue weighted by atomic mass is 10.2. The zero-order chi connectivity index (χ0) is 12.3. The van der Waals surface area contributed by atoms with Gasteiger partial charge in [-0.3, -0.25) is 0 Å². The number of hydrogen-bond donors (Lipinski definition) is 0. The van der Waals surface area contributed by atoms with Crippen molar-refractivity contribution in [3.63, 3.8) is 0 Å². The Morgan fingerprint density at radius 1 is 1.06 bits per heavy atom. The normalized spacial score (nSPS) is 9.94. The highest BCUT2D eigenvalue weighted by molar-refractivity contribution is 7.99. The molecule has 0 heterocycles. The predicted octanol–water partition coefficient (Wildman–Crippen LogP) is 3.99. The molecule has 1 nitrogen and oxygen atoms in total. The van der Waals surface area contributed by atoms with E-state index in [1.165, 1.54) is 12.1 Å². The summed E-state index contributed by atoms with van der Waals surface area (Å²) in [5, 5.41) is 8.74. The van der Waals surface area contributed by atoms with Crippen molar-refractivity contribution in [3.8, 4) is 6.07 Å². The van der Waals surface area contributed by atoms with Crippen LogP contribution in [0.3, 0.4) is 0 Å². The molecule has 2 rings (SSSR count). The average molecular weight is 247 g/mol. The SMILES string of the molecule is N#Cc1cccc(Sc2ccc(F)cc2F)c1. The molecule has 0 aromatic heterocycles. The summed E-state index contributed by atoms with van der Waals surface area (Å²) in [4.78, 5) is 1.08. The maximum atomic E-state index is 13.4. The highest BCUT2D eigenvalue weighted by Crippen LogP contribution is 2.30. The Morgan fingerprint density at radius 2 is 1.88 bits per heavy atom. The largest absolute Gasteiger partial charge is 0.207 e. The van der Waals surface area contributed by atoms with E-state index < -0.39 is 11.6 Å². The molecule has 0 saturated heterocycles. The Morgan fingerprint density at radius 3 is 2.59 bits per heavy atom. The van der Waals surface area contributed by atoms with Gasteiger partial charge in [0.1, 0.15) is 11.6 Å². The fourth-order valence-electron chi connectivity index (χ4n) is 1.31.